The summed E-state index contributed by atoms with van der Waals surface area (Å²) in [4.78, 5) is 12.6. The highest BCUT2D eigenvalue weighted by Crippen LogP contribution is 2.28. The number of hydrogen-bond acceptors (Lipinski definition) is 2. The van der Waals surface area contributed by atoms with Crippen LogP contribution in [0.25, 0.3) is 0 Å². The molecule has 0 saturated heterocycles. The van der Waals surface area contributed by atoms with Crippen molar-refractivity contribution in [3.8, 4) is 0 Å². The SMILES string of the molecule is CCC(NC(=O)C(C)(N)c1ccccc1)C1CCCCC1. The Balaban J connectivity index is 2.04. The second-order valence-corrected chi connectivity index (χ2v) is 6.45. The van der Waals surface area contributed by atoms with E-state index >= 15 is 0 Å². The summed E-state index contributed by atoms with van der Waals surface area (Å²) in [5.41, 5.74) is 6.20. The lowest BCUT2D eigenvalue weighted by Gasteiger charge is -2.33. The number of benzene rings is 1. The van der Waals surface area contributed by atoms with Crippen molar-refractivity contribution in [3.05, 3.63) is 35.9 Å². The van der Waals surface area contributed by atoms with Crippen LogP contribution in [-0.2, 0) is 10.3 Å². The van der Waals surface area contributed by atoms with Crippen LogP contribution in [0.15, 0.2) is 30.3 Å². The maximum Gasteiger partial charge on any atom is 0.244 e. The van der Waals surface area contributed by atoms with Crippen LogP contribution >= 0.6 is 0 Å². The van der Waals surface area contributed by atoms with E-state index in [1.807, 2.05) is 30.3 Å². The first-order valence-corrected chi connectivity index (χ1v) is 8.21. The van der Waals surface area contributed by atoms with Crippen LogP contribution in [0.5, 0.6) is 0 Å². The third kappa shape index (κ3) is 3.85. The number of carbonyl (C=O) groups is 1. The van der Waals surface area contributed by atoms with Crippen molar-refractivity contribution in [1.29, 1.82) is 0 Å². The first kappa shape index (κ1) is 16.0. The molecule has 0 aromatic heterocycles. The molecule has 0 spiro atoms. The van der Waals surface area contributed by atoms with Gasteiger partial charge in [0.15, 0.2) is 0 Å². The molecular weight excluding hydrogens is 260 g/mol. The van der Waals surface area contributed by atoms with E-state index in [-0.39, 0.29) is 11.9 Å². The van der Waals surface area contributed by atoms with Crippen LogP contribution in [-0.4, -0.2) is 11.9 Å². The van der Waals surface area contributed by atoms with Gasteiger partial charge in [-0.15, -0.1) is 0 Å². The first-order chi connectivity index (χ1) is 10.1. The van der Waals surface area contributed by atoms with E-state index in [0.717, 1.165) is 12.0 Å². The molecule has 1 amide bonds. The highest BCUT2D eigenvalue weighted by molar-refractivity contribution is 5.87. The van der Waals surface area contributed by atoms with E-state index in [9.17, 15) is 4.79 Å². The number of amides is 1. The lowest BCUT2D eigenvalue weighted by molar-refractivity contribution is -0.127. The molecule has 21 heavy (non-hydrogen) atoms. The van der Waals surface area contributed by atoms with Gasteiger partial charge in [0.2, 0.25) is 5.91 Å². The summed E-state index contributed by atoms with van der Waals surface area (Å²) in [6.07, 6.45) is 7.34. The topological polar surface area (TPSA) is 55.1 Å². The smallest absolute Gasteiger partial charge is 0.244 e. The first-order valence-electron chi connectivity index (χ1n) is 8.21. The van der Waals surface area contributed by atoms with Gasteiger partial charge in [-0.1, -0.05) is 56.5 Å². The number of carbonyl (C=O) groups excluding carboxylic acids is 1. The molecule has 1 aliphatic rings. The third-order valence-corrected chi connectivity index (χ3v) is 4.82. The number of hydrogen-bond donors (Lipinski definition) is 2. The van der Waals surface area contributed by atoms with Crippen molar-refractivity contribution in [1.82, 2.24) is 5.32 Å². The van der Waals surface area contributed by atoms with Gasteiger partial charge in [-0.25, -0.2) is 0 Å². The minimum absolute atomic E-state index is 0.0638. The molecule has 0 radical (unpaired) electrons. The third-order valence-electron chi connectivity index (χ3n) is 4.82. The molecule has 2 atom stereocenters. The fourth-order valence-corrected chi connectivity index (χ4v) is 3.32. The summed E-state index contributed by atoms with van der Waals surface area (Å²) in [6.45, 7) is 3.95. The van der Waals surface area contributed by atoms with Crippen LogP contribution in [0.3, 0.4) is 0 Å². The Morgan fingerprint density at radius 1 is 1.29 bits per heavy atom. The Labute approximate surface area is 128 Å². The van der Waals surface area contributed by atoms with E-state index in [4.69, 9.17) is 5.73 Å². The van der Waals surface area contributed by atoms with Crippen molar-refractivity contribution in [3.63, 3.8) is 0 Å². The van der Waals surface area contributed by atoms with Crippen molar-refractivity contribution in [2.75, 3.05) is 0 Å². The monoisotopic (exact) mass is 288 g/mol. The van der Waals surface area contributed by atoms with Gasteiger partial charge < -0.3 is 11.1 Å². The lowest BCUT2D eigenvalue weighted by atomic mass is 9.82. The number of rotatable bonds is 5. The molecule has 3 heteroatoms. The van der Waals surface area contributed by atoms with Crippen LogP contribution < -0.4 is 11.1 Å². The summed E-state index contributed by atoms with van der Waals surface area (Å²) in [5, 5.41) is 3.21. The largest absolute Gasteiger partial charge is 0.351 e. The van der Waals surface area contributed by atoms with Gasteiger partial charge in [0.05, 0.1) is 0 Å². The molecule has 1 aromatic carbocycles. The second kappa shape index (κ2) is 7.08. The number of nitrogens with one attached hydrogen (secondary N) is 1. The van der Waals surface area contributed by atoms with Crippen molar-refractivity contribution < 1.29 is 4.79 Å². The average molecular weight is 288 g/mol. The zero-order valence-corrected chi connectivity index (χ0v) is 13.3. The van der Waals surface area contributed by atoms with E-state index < -0.39 is 5.54 Å². The summed E-state index contributed by atoms with van der Waals surface area (Å²) in [6, 6.07) is 9.87. The Morgan fingerprint density at radius 3 is 2.48 bits per heavy atom. The normalized spacial score (nSPS) is 20.5. The van der Waals surface area contributed by atoms with Gasteiger partial charge in [0, 0.05) is 6.04 Å². The molecule has 0 heterocycles. The fourth-order valence-electron chi connectivity index (χ4n) is 3.32. The second-order valence-electron chi connectivity index (χ2n) is 6.45. The predicted molar refractivity (Wildman–Crippen MR) is 86.8 cm³/mol. The average Bonchev–Trinajstić information content (AvgIpc) is 2.54. The predicted octanol–water partition coefficient (Wildman–Crippen LogP) is 3.34. The van der Waals surface area contributed by atoms with Crippen molar-refractivity contribution in [2.45, 2.75) is 64.0 Å². The maximum atomic E-state index is 12.6. The van der Waals surface area contributed by atoms with Gasteiger partial charge in [-0.3, -0.25) is 4.79 Å². The Kier molecular flexibility index (Phi) is 5.40. The summed E-state index contributed by atoms with van der Waals surface area (Å²) < 4.78 is 0. The Hall–Kier alpha value is -1.35. The Morgan fingerprint density at radius 2 is 1.90 bits per heavy atom. The van der Waals surface area contributed by atoms with Gasteiger partial charge in [-0.2, -0.15) is 0 Å². The molecule has 3 N–H and O–H groups in total. The summed E-state index contributed by atoms with van der Waals surface area (Å²) in [7, 11) is 0. The summed E-state index contributed by atoms with van der Waals surface area (Å²) >= 11 is 0. The quantitative estimate of drug-likeness (QED) is 0.873. The summed E-state index contributed by atoms with van der Waals surface area (Å²) in [5.74, 6) is 0.547. The molecule has 3 nitrogen and oxygen atoms in total. The van der Waals surface area contributed by atoms with E-state index in [1.165, 1.54) is 32.1 Å². The standard InChI is InChI=1S/C18H28N2O/c1-3-16(14-10-6-4-7-11-14)20-17(21)18(2,19)15-12-8-5-9-13-15/h5,8-9,12-14,16H,3-4,6-7,10-11,19H2,1-2H3,(H,20,21). The van der Waals surface area contributed by atoms with E-state index in [2.05, 4.69) is 12.2 Å². The molecule has 1 saturated carbocycles. The Bertz CT molecular complexity index is 450. The van der Waals surface area contributed by atoms with Crippen LogP contribution in [0.2, 0.25) is 0 Å². The van der Waals surface area contributed by atoms with Crippen molar-refractivity contribution in [2.24, 2.45) is 11.7 Å². The fraction of sp³-hybridized carbons (Fsp3) is 0.611. The molecule has 116 valence electrons. The van der Waals surface area contributed by atoms with Crippen LogP contribution in [0.1, 0.15) is 57.9 Å². The lowest BCUT2D eigenvalue weighted by Crippen LogP contribution is -2.53. The minimum atomic E-state index is -0.969. The van der Waals surface area contributed by atoms with Gasteiger partial charge in [-0.05, 0) is 37.7 Å². The highest BCUT2D eigenvalue weighted by atomic mass is 16.2. The minimum Gasteiger partial charge on any atom is -0.351 e. The molecule has 1 fully saturated rings. The van der Waals surface area contributed by atoms with E-state index in [1.54, 1.807) is 6.92 Å². The molecule has 1 aliphatic carbocycles. The molecular formula is C18H28N2O. The molecule has 2 unspecified atom stereocenters. The van der Waals surface area contributed by atoms with E-state index in [0.29, 0.717) is 5.92 Å². The zero-order chi connectivity index (χ0) is 15.3. The molecule has 2 rings (SSSR count). The highest BCUT2D eigenvalue weighted by Gasteiger charge is 2.33. The molecule has 0 aliphatic heterocycles. The van der Waals surface area contributed by atoms with Gasteiger partial charge >= 0.3 is 0 Å². The van der Waals surface area contributed by atoms with Crippen LogP contribution in [0.4, 0.5) is 0 Å². The maximum absolute atomic E-state index is 12.6. The van der Waals surface area contributed by atoms with Crippen LogP contribution in [0, 0.1) is 5.92 Å². The molecule has 1 aromatic rings. The van der Waals surface area contributed by atoms with Crippen molar-refractivity contribution >= 4 is 5.91 Å². The van der Waals surface area contributed by atoms with Gasteiger partial charge in [0.1, 0.15) is 5.54 Å². The van der Waals surface area contributed by atoms with Gasteiger partial charge in [0.25, 0.3) is 0 Å². The molecule has 0 bridgehead atoms. The zero-order valence-electron chi connectivity index (χ0n) is 13.3. The number of nitrogens with two attached hydrogens (primary N) is 1.